The molecule has 0 atom stereocenters. The van der Waals surface area contributed by atoms with E-state index in [-0.39, 0.29) is 17.0 Å². The van der Waals surface area contributed by atoms with Gasteiger partial charge < -0.3 is 5.32 Å². The van der Waals surface area contributed by atoms with E-state index in [1.165, 1.54) is 31.4 Å². The minimum absolute atomic E-state index is 0.0165. The quantitative estimate of drug-likeness (QED) is 0.681. The molecule has 0 saturated heterocycles. The normalized spacial score (nSPS) is 17.5. The van der Waals surface area contributed by atoms with Crippen molar-refractivity contribution in [2.45, 2.75) is 51.0 Å². The van der Waals surface area contributed by atoms with Crippen molar-refractivity contribution in [3.05, 3.63) is 27.1 Å². The lowest BCUT2D eigenvalue weighted by Gasteiger charge is -2.20. The number of nitrogens with zero attached hydrogens (tertiary/aromatic N) is 1. The Morgan fingerprint density at radius 3 is 2.42 bits per heavy atom. The maximum absolute atomic E-state index is 12.0. The van der Waals surface area contributed by atoms with E-state index < -0.39 is 4.92 Å². The van der Waals surface area contributed by atoms with Gasteiger partial charge >= 0.3 is 5.00 Å². The minimum atomic E-state index is -0.461. The fourth-order valence-electron chi connectivity index (χ4n) is 2.40. The topological polar surface area (TPSA) is 72.2 Å². The lowest BCUT2D eigenvalue weighted by atomic mass is 9.97. The highest BCUT2D eigenvalue weighted by atomic mass is 32.1. The van der Waals surface area contributed by atoms with Crippen LogP contribution in [-0.2, 0) is 0 Å². The Bertz CT molecular complexity index is 450. The number of carbonyl (C=O) groups excluding carboxylic acids is 1. The zero-order valence-electron chi connectivity index (χ0n) is 10.8. The van der Waals surface area contributed by atoms with Gasteiger partial charge in [-0.15, -0.1) is 0 Å². The highest BCUT2D eigenvalue weighted by Gasteiger charge is 2.18. The van der Waals surface area contributed by atoms with E-state index in [4.69, 9.17) is 0 Å². The molecule has 1 saturated carbocycles. The van der Waals surface area contributed by atoms with Crippen molar-refractivity contribution in [3.8, 4) is 0 Å². The van der Waals surface area contributed by atoms with Crippen LogP contribution in [0.25, 0.3) is 0 Å². The van der Waals surface area contributed by atoms with Gasteiger partial charge in [0.2, 0.25) is 0 Å². The van der Waals surface area contributed by atoms with Gasteiger partial charge in [-0.25, -0.2) is 0 Å². The molecule has 19 heavy (non-hydrogen) atoms. The second kappa shape index (κ2) is 6.65. The number of thiophene rings is 1. The summed E-state index contributed by atoms with van der Waals surface area (Å²) in [6.45, 7) is 0. The summed E-state index contributed by atoms with van der Waals surface area (Å²) in [4.78, 5) is 22.6. The number of nitrogens with one attached hydrogen (secondary N) is 1. The monoisotopic (exact) mass is 282 g/mol. The average Bonchev–Trinajstić information content (AvgIpc) is 2.82. The molecule has 1 aromatic rings. The van der Waals surface area contributed by atoms with Crippen LogP contribution in [0.5, 0.6) is 0 Å². The first kappa shape index (κ1) is 14.0. The van der Waals surface area contributed by atoms with E-state index in [0.29, 0.717) is 4.88 Å². The Morgan fingerprint density at radius 2 is 1.84 bits per heavy atom. The molecule has 104 valence electrons. The predicted octanol–water partition coefficient (Wildman–Crippen LogP) is 3.50. The highest BCUT2D eigenvalue weighted by Crippen LogP contribution is 2.24. The zero-order chi connectivity index (χ0) is 13.7. The van der Waals surface area contributed by atoms with Crippen LogP contribution in [0.4, 0.5) is 5.00 Å². The molecule has 1 amide bonds. The number of rotatable bonds is 3. The zero-order valence-corrected chi connectivity index (χ0v) is 11.6. The van der Waals surface area contributed by atoms with Crippen molar-refractivity contribution in [3.63, 3.8) is 0 Å². The summed E-state index contributed by atoms with van der Waals surface area (Å²) in [6.07, 6.45) is 8.08. The van der Waals surface area contributed by atoms with Gasteiger partial charge in [0.15, 0.2) is 0 Å². The van der Waals surface area contributed by atoms with Crippen LogP contribution in [0.1, 0.15) is 54.6 Å². The summed E-state index contributed by atoms with van der Waals surface area (Å²) < 4.78 is 0. The molecule has 0 aliphatic heterocycles. The van der Waals surface area contributed by atoms with E-state index in [1.807, 2.05) is 0 Å². The Labute approximate surface area is 116 Å². The molecule has 0 unspecified atom stereocenters. The molecule has 1 aromatic heterocycles. The third kappa shape index (κ3) is 4.02. The molecule has 0 spiro atoms. The number of hydrogen-bond donors (Lipinski definition) is 1. The van der Waals surface area contributed by atoms with Crippen LogP contribution >= 0.6 is 11.3 Å². The fraction of sp³-hybridized carbons (Fsp3) is 0.615. The van der Waals surface area contributed by atoms with Gasteiger partial charge in [-0.1, -0.05) is 43.4 Å². The third-order valence-corrected chi connectivity index (χ3v) is 4.47. The Balaban J connectivity index is 1.93. The van der Waals surface area contributed by atoms with Crippen molar-refractivity contribution in [2.75, 3.05) is 0 Å². The first-order valence-corrected chi connectivity index (χ1v) is 7.53. The lowest BCUT2D eigenvalue weighted by molar-refractivity contribution is -0.380. The minimum Gasteiger partial charge on any atom is -0.349 e. The summed E-state index contributed by atoms with van der Waals surface area (Å²) in [6, 6.07) is 3.13. The molecule has 0 radical (unpaired) electrons. The molecule has 2 rings (SSSR count). The van der Waals surface area contributed by atoms with Gasteiger partial charge in [0.05, 0.1) is 9.80 Å². The summed E-state index contributed by atoms with van der Waals surface area (Å²) >= 11 is 0.936. The number of amides is 1. The summed E-state index contributed by atoms with van der Waals surface area (Å²) in [7, 11) is 0. The summed E-state index contributed by atoms with van der Waals surface area (Å²) in [5.74, 6) is -0.177. The van der Waals surface area contributed by atoms with Crippen molar-refractivity contribution in [1.82, 2.24) is 5.32 Å². The second-order valence-electron chi connectivity index (χ2n) is 4.91. The van der Waals surface area contributed by atoms with Gasteiger partial charge in [0, 0.05) is 12.1 Å². The average molecular weight is 282 g/mol. The largest absolute Gasteiger partial charge is 0.349 e. The number of nitro groups is 1. The molecule has 1 aliphatic carbocycles. The molecule has 0 aromatic carbocycles. The molecule has 1 aliphatic rings. The van der Waals surface area contributed by atoms with Crippen LogP contribution in [-0.4, -0.2) is 16.9 Å². The van der Waals surface area contributed by atoms with E-state index in [0.717, 1.165) is 37.0 Å². The van der Waals surface area contributed by atoms with E-state index in [9.17, 15) is 14.9 Å². The molecule has 5 nitrogen and oxygen atoms in total. The van der Waals surface area contributed by atoms with Crippen LogP contribution < -0.4 is 5.32 Å². The summed E-state index contributed by atoms with van der Waals surface area (Å²) in [5.41, 5.74) is 0. The van der Waals surface area contributed by atoms with Crippen LogP contribution in [0.2, 0.25) is 0 Å². The smallest absolute Gasteiger partial charge is 0.324 e. The van der Waals surface area contributed by atoms with Crippen LogP contribution in [0.15, 0.2) is 12.1 Å². The third-order valence-electron chi connectivity index (χ3n) is 3.44. The van der Waals surface area contributed by atoms with Crippen molar-refractivity contribution >= 4 is 22.2 Å². The summed E-state index contributed by atoms with van der Waals surface area (Å²) in [5, 5.41) is 13.6. The van der Waals surface area contributed by atoms with E-state index in [1.54, 1.807) is 0 Å². The first-order valence-electron chi connectivity index (χ1n) is 6.72. The molecule has 1 fully saturated rings. The SMILES string of the molecule is O=C(NC1CCCCCCC1)c1ccc([N+](=O)[O-])s1. The van der Waals surface area contributed by atoms with Crippen molar-refractivity contribution < 1.29 is 9.72 Å². The van der Waals surface area contributed by atoms with Gasteiger partial charge in [0.1, 0.15) is 0 Å². The molecule has 1 N–H and O–H groups in total. The van der Waals surface area contributed by atoms with Crippen molar-refractivity contribution in [2.24, 2.45) is 0 Å². The predicted molar refractivity (Wildman–Crippen MR) is 74.5 cm³/mol. The highest BCUT2D eigenvalue weighted by molar-refractivity contribution is 7.17. The van der Waals surface area contributed by atoms with Gasteiger partial charge in [-0.05, 0) is 18.9 Å². The molecule has 1 heterocycles. The van der Waals surface area contributed by atoms with Gasteiger partial charge in [-0.3, -0.25) is 14.9 Å². The van der Waals surface area contributed by atoms with Crippen LogP contribution in [0.3, 0.4) is 0 Å². The van der Waals surface area contributed by atoms with Gasteiger partial charge in [0.25, 0.3) is 5.91 Å². The Kier molecular flexibility index (Phi) is 4.90. The molecular formula is C13H18N2O3S. The first-order chi connectivity index (χ1) is 9.16. The Morgan fingerprint density at radius 1 is 1.21 bits per heavy atom. The van der Waals surface area contributed by atoms with E-state index in [2.05, 4.69) is 5.32 Å². The fourth-order valence-corrected chi connectivity index (χ4v) is 3.13. The maximum Gasteiger partial charge on any atom is 0.324 e. The Hall–Kier alpha value is -1.43. The van der Waals surface area contributed by atoms with Gasteiger partial charge in [-0.2, -0.15) is 0 Å². The number of hydrogen-bond acceptors (Lipinski definition) is 4. The number of carbonyl (C=O) groups is 1. The molecule has 6 heteroatoms. The molecule has 0 bridgehead atoms. The molecular weight excluding hydrogens is 264 g/mol. The van der Waals surface area contributed by atoms with E-state index >= 15 is 0 Å². The maximum atomic E-state index is 12.0. The van der Waals surface area contributed by atoms with Crippen LogP contribution in [0, 0.1) is 10.1 Å². The second-order valence-corrected chi connectivity index (χ2v) is 5.97. The lowest BCUT2D eigenvalue weighted by Crippen LogP contribution is -2.34. The van der Waals surface area contributed by atoms with Crippen molar-refractivity contribution in [1.29, 1.82) is 0 Å². The standard InChI is InChI=1S/C13H18N2O3S/c16-13(11-8-9-12(19-11)15(17)18)14-10-6-4-2-1-3-5-7-10/h8-10H,1-7H2,(H,14,16).